The van der Waals surface area contributed by atoms with Crippen molar-refractivity contribution in [2.45, 2.75) is 6.92 Å². The van der Waals surface area contributed by atoms with Gasteiger partial charge >= 0.3 is 5.97 Å². The second-order valence-electron chi connectivity index (χ2n) is 4.33. The Hall–Kier alpha value is -3.07. The van der Waals surface area contributed by atoms with Crippen LogP contribution >= 0.6 is 0 Å². The molecule has 0 atom stereocenters. The maximum absolute atomic E-state index is 13.4. The Morgan fingerprint density at radius 2 is 2.05 bits per heavy atom. The Kier molecular flexibility index (Phi) is 3.76. The average Bonchev–Trinajstić information content (AvgIpc) is 2.45. The summed E-state index contributed by atoms with van der Waals surface area (Å²) in [6.45, 7) is 1.74. The molecule has 0 spiro atoms. The van der Waals surface area contributed by atoms with E-state index in [0.717, 1.165) is 6.07 Å². The van der Waals surface area contributed by atoms with E-state index in [1.165, 1.54) is 12.1 Å². The molecule has 0 unspecified atom stereocenters. The van der Waals surface area contributed by atoms with E-state index in [-0.39, 0.29) is 5.75 Å². The largest absolute Gasteiger partial charge is 0.477 e. The highest BCUT2D eigenvalue weighted by molar-refractivity contribution is 5.97. The lowest BCUT2D eigenvalue weighted by Crippen LogP contribution is -2.07. The molecular formula is C15H11FN2O3. The molecule has 5 nitrogen and oxygen atoms in total. The molecule has 2 aromatic rings. The number of nitriles is 1. The SMILES string of the molecule is Cc1ccc(C#N)cc1Oc1ccc(F)c(N)c1C(=O)O. The summed E-state index contributed by atoms with van der Waals surface area (Å²) in [4.78, 5) is 11.2. The highest BCUT2D eigenvalue weighted by atomic mass is 19.1. The fourth-order valence-electron chi connectivity index (χ4n) is 1.78. The summed E-state index contributed by atoms with van der Waals surface area (Å²) in [6, 6.07) is 8.92. The van der Waals surface area contributed by atoms with Crippen LogP contribution in [0.3, 0.4) is 0 Å². The van der Waals surface area contributed by atoms with E-state index in [0.29, 0.717) is 16.9 Å². The van der Waals surface area contributed by atoms with Crippen molar-refractivity contribution in [3.8, 4) is 17.6 Å². The van der Waals surface area contributed by atoms with Crippen molar-refractivity contribution in [3.63, 3.8) is 0 Å². The molecule has 21 heavy (non-hydrogen) atoms. The van der Waals surface area contributed by atoms with Gasteiger partial charge < -0.3 is 15.6 Å². The van der Waals surface area contributed by atoms with E-state index < -0.39 is 23.0 Å². The molecule has 0 aliphatic heterocycles. The van der Waals surface area contributed by atoms with Crippen LogP contribution in [0.25, 0.3) is 0 Å². The van der Waals surface area contributed by atoms with Crippen molar-refractivity contribution in [2.24, 2.45) is 0 Å². The van der Waals surface area contributed by atoms with Crippen LogP contribution in [0, 0.1) is 24.1 Å². The minimum absolute atomic E-state index is 0.0837. The molecule has 0 saturated heterocycles. The van der Waals surface area contributed by atoms with E-state index in [9.17, 15) is 9.18 Å². The Labute approximate surface area is 120 Å². The molecule has 0 aromatic heterocycles. The normalized spacial score (nSPS) is 9.95. The second kappa shape index (κ2) is 5.51. The highest BCUT2D eigenvalue weighted by Crippen LogP contribution is 2.32. The lowest BCUT2D eigenvalue weighted by Gasteiger charge is -2.13. The maximum atomic E-state index is 13.4. The number of anilines is 1. The minimum Gasteiger partial charge on any atom is -0.477 e. The molecular weight excluding hydrogens is 275 g/mol. The van der Waals surface area contributed by atoms with Crippen molar-refractivity contribution >= 4 is 11.7 Å². The first-order valence-corrected chi connectivity index (χ1v) is 5.94. The minimum atomic E-state index is -1.39. The number of nitrogens with zero attached hydrogens (tertiary/aromatic N) is 1. The molecule has 0 heterocycles. The van der Waals surface area contributed by atoms with Crippen LogP contribution in [0.5, 0.6) is 11.5 Å². The van der Waals surface area contributed by atoms with Gasteiger partial charge in [-0.15, -0.1) is 0 Å². The van der Waals surface area contributed by atoms with Gasteiger partial charge in [0.25, 0.3) is 0 Å². The van der Waals surface area contributed by atoms with Crippen LogP contribution in [0.15, 0.2) is 30.3 Å². The molecule has 2 rings (SSSR count). The Morgan fingerprint density at radius 1 is 1.33 bits per heavy atom. The van der Waals surface area contributed by atoms with Crippen LogP contribution in [0.2, 0.25) is 0 Å². The third kappa shape index (κ3) is 2.77. The monoisotopic (exact) mass is 286 g/mol. The zero-order chi connectivity index (χ0) is 15.6. The number of halogens is 1. The van der Waals surface area contributed by atoms with Gasteiger partial charge in [0.1, 0.15) is 22.9 Å². The van der Waals surface area contributed by atoms with Gasteiger partial charge in [-0.3, -0.25) is 0 Å². The molecule has 0 radical (unpaired) electrons. The van der Waals surface area contributed by atoms with Gasteiger partial charge in [0, 0.05) is 0 Å². The quantitative estimate of drug-likeness (QED) is 0.845. The van der Waals surface area contributed by atoms with Crippen LogP contribution in [-0.4, -0.2) is 11.1 Å². The third-order valence-corrected chi connectivity index (χ3v) is 2.91. The lowest BCUT2D eigenvalue weighted by atomic mass is 10.1. The van der Waals surface area contributed by atoms with Crippen LogP contribution < -0.4 is 10.5 Å². The topological polar surface area (TPSA) is 96.3 Å². The number of benzene rings is 2. The Balaban J connectivity index is 2.53. The zero-order valence-corrected chi connectivity index (χ0v) is 11.1. The van der Waals surface area contributed by atoms with Gasteiger partial charge in [0.15, 0.2) is 0 Å². The molecule has 6 heteroatoms. The zero-order valence-electron chi connectivity index (χ0n) is 11.1. The summed E-state index contributed by atoms with van der Waals surface area (Å²) in [6.07, 6.45) is 0. The molecule has 0 saturated carbocycles. The molecule has 3 N–H and O–H groups in total. The van der Waals surface area contributed by atoms with E-state index in [2.05, 4.69) is 0 Å². The molecule has 0 amide bonds. The first-order valence-electron chi connectivity index (χ1n) is 5.94. The Bertz CT molecular complexity index is 766. The van der Waals surface area contributed by atoms with Crippen molar-refractivity contribution < 1.29 is 19.0 Å². The van der Waals surface area contributed by atoms with Crippen LogP contribution in [-0.2, 0) is 0 Å². The number of hydrogen-bond donors (Lipinski definition) is 2. The standard InChI is InChI=1S/C15H11FN2O3/c1-8-2-3-9(7-17)6-12(8)21-11-5-4-10(16)14(18)13(11)15(19)20/h2-6H,18H2,1H3,(H,19,20). The Morgan fingerprint density at radius 3 is 2.67 bits per heavy atom. The van der Waals surface area contributed by atoms with Crippen molar-refractivity contribution in [2.75, 3.05) is 5.73 Å². The molecule has 0 aliphatic carbocycles. The third-order valence-electron chi connectivity index (χ3n) is 2.91. The van der Waals surface area contributed by atoms with Crippen LogP contribution in [0.1, 0.15) is 21.5 Å². The number of aromatic carboxylic acids is 1. The summed E-state index contributed by atoms with van der Waals surface area (Å²) in [5.74, 6) is -2.00. The van der Waals surface area contributed by atoms with Crippen molar-refractivity contribution in [1.82, 2.24) is 0 Å². The number of nitrogens with two attached hydrogens (primary N) is 1. The van der Waals surface area contributed by atoms with E-state index >= 15 is 0 Å². The lowest BCUT2D eigenvalue weighted by molar-refractivity contribution is 0.0695. The van der Waals surface area contributed by atoms with Crippen molar-refractivity contribution in [3.05, 3.63) is 52.8 Å². The molecule has 0 fully saturated rings. The van der Waals surface area contributed by atoms with Gasteiger partial charge in [0.2, 0.25) is 0 Å². The fraction of sp³-hybridized carbons (Fsp3) is 0.0667. The fourth-order valence-corrected chi connectivity index (χ4v) is 1.78. The van der Waals surface area contributed by atoms with E-state index in [1.807, 2.05) is 6.07 Å². The summed E-state index contributed by atoms with van der Waals surface area (Å²) in [5.41, 5.74) is 5.57. The summed E-state index contributed by atoms with van der Waals surface area (Å²) in [7, 11) is 0. The number of rotatable bonds is 3. The van der Waals surface area contributed by atoms with E-state index in [1.54, 1.807) is 19.1 Å². The molecule has 106 valence electrons. The predicted molar refractivity (Wildman–Crippen MR) is 73.7 cm³/mol. The van der Waals surface area contributed by atoms with Gasteiger partial charge in [-0.25, -0.2) is 9.18 Å². The first kappa shape index (κ1) is 14.3. The summed E-state index contributed by atoms with van der Waals surface area (Å²) in [5, 5.41) is 18.0. The summed E-state index contributed by atoms with van der Waals surface area (Å²) >= 11 is 0. The average molecular weight is 286 g/mol. The first-order chi connectivity index (χ1) is 9.93. The number of carbonyl (C=O) groups is 1. The number of ether oxygens (including phenoxy) is 1. The number of nitrogen functional groups attached to an aromatic ring is 1. The molecule has 0 bridgehead atoms. The number of hydrogen-bond acceptors (Lipinski definition) is 4. The predicted octanol–water partition coefficient (Wildman–Crippen LogP) is 3.08. The smallest absolute Gasteiger partial charge is 0.341 e. The number of aryl methyl sites for hydroxylation is 1. The van der Waals surface area contributed by atoms with Crippen molar-refractivity contribution in [1.29, 1.82) is 5.26 Å². The van der Waals surface area contributed by atoms with Gasteiger partial charge in [0.05, 0.1) is 17.3 Å². The molecule has 2 aromatic carbocycles. The van der Waals surface area contributed by atoms with Crippen LogP contribution in [0.4, 0.5) is 10.1 Å². The van der Waals surface area contributed by atoms with Gasteiger partial charge in [-0.1, -0.05) is 6.07 Å². The van der Waals surface area contributed by atoms with Gasteiger partial charge in [-0.05, 0) is 36.8 Å². The number of carboxylic acids is 1. The van der Waals surface area contributed by atoms with Gasteiger partial charge in [-0.2, -0.15) is 5.26 Å². The maximum Gasteiger partial charge on any atom is 0.341 e. The highest BCUT2D eigenvalue weighted by Gasteiger charge is 2.19. The number of carboxylic acid groups (broad SMARTS) is 1. The molecule has 0 aliphatic rings. The second-order valence-corrected chi connectivity index (χ2v) is 4.33. The van der Waals surface area contributed by atoms with E-state index in [4.69, 9.17) is 20.8 Å². The summed E-state index contributed by atoms with van der Waals surface area (Å²) < 4.78 is 18.9.